The molecule has 6 heteroatoms. The van der Waals surface area contributed by atoms with Crippen molar-refractivity contribution in [3.8, 4) is 11.5 Å². The molecule has 140 valence electrons. The summed E-state index contributed by atoms with van der Waals surface area (Å²) in [4.78, 5) is 11.6. The Labute approximate surface area is 159 Å². The van der Waals surface area contributed by atoms with Gasteiger partial charge in [0.05, 0.1) is 31.4 Å². The fraction of sp³-hybridized carbons (Fsp3) is 0.333. The van der Waals surface area contributed by atoms with Crippen LogP contribution in [-0.2, 0) is 0 Å². The van der Waals surface area contributed by atoms with Gasteiger partial charge in [-0.3, -0.25) is 4.98 Å². The van der Waals surface area contributed by atoms with Gasteiger partial charge in [0.15, 0.2) is 11.5 Å². The molecule has 1 N–H and O–H groups in total. The number of rotatable bonds is 5. The Hall–Kier alpha value is -3.02. The number of nitrogens with one attached hydrogen (secondary N) is 1. The van der Waals surface area contributed by atoms with Crippen LogP contribution in [0.2, 0.25) is 0 Å². The second-order valence-corrected chi connectivity index (χ2v) is 6.72. The number of piperidine rings is 1. The zero-order chi connectivity index (χ0) is 18.6. The van der Waals surface area contributed by atoms with E-state index in [4.69, 9.17) is 14.5 Å². The standard InChI is InChI=1S/C21H24N4O2/c1-26-19-10-9-15(12-20(19)27-2)23-16-6-5-11-25(14-16)21-13-22-17-7-3-4-8-18(17)24-21/h3-4,7-10,12-13,16,23H,5-6,11,14H2,1-2H3/t16-/m0/s1. The quantitative estimate of drug-likeness (QED) is 0.744. The second-order valence-electron chi connectivity index (χ2n) is 6.72. The molecule has 0 unspecified atom stereocenters. The summed E-state index contributed by atoms with van der Waals surface area (Å²) in [5.74, 6) is 2.41. The highest BCUT2D eigenvalue weighted by Gasteiger charge is 2.21. The molecular weight excluding hydrogens is 340 g/mol. The van der Waals surface area contributed by atoms with Gasteiger partial charge < -0.3 is 19.7 Å². The summed E-state index contributed by atoms with van der Waals surface area (Å²) in [6.45, 7) is 1.89. The van der Waals surface area contributed by atoms with E-state index < -0.39 is 0 Å². The van der Waals surface area contributed by atoms with Gasteiger partial charge in [0.2, 0.25) is 0 Å². The molecule has 3 aromatic rings. The summed E-state index contributed by atoms with van der Waals surface area (Å²) in [6.07, 6.45) is 4.10. The predicted molar refractivity (Wildman–Crippen MR) is 108 cm³/mol. The monoisotopic (exact) mass is 364 g/mol. The number of fused-ring (bicyclic) bond motifs is 1. The van der Waals surface area contributed by atoms with E-state index in [0.717, 1.165) is 60.0 Å². The lowest BCUT2D eigenvalue weighted by Gasteiger charge is -2.34. The summed E-state index contributed by atoms with van der Waals surface area (Å²) < 4.78 is 10.7. The molecule has 0 aliphatic carbocycles. The molecule has 1 aromatic heterocycles. The molecule has 2 heterocycles. The van der Waals surface area contributed by atoms with Gasteiger partial charge in [-0.25, -0.2) is 4.98 Å². The lowest BCUT2D eigenvalue weighted by atomic mass is 10.1. The zero-order valence-electron chi connectivity index (χ0n) is 15.7. The third-order valence-electron chi connectivity index (χ3n) is 4.94. The maximum atomic E-state index is 5.40. The highest BCUT2D eigenvalue weighted by atomic mass is 16.5. The second kappa shape index (κ2) is 7.70. The van der Waals surface area contributed by atoms with Crippen LogP contribution in [0.3, 0.4) is 0 Å². The largest absolute Gasteiger partial charge is 0.493 e. The molecular formula is C21H24N4O2. The first kappa shape index (κ1) is 17.4. The van der Waals surface area contributed by atoms with Crippen LogP contribution in [0.5, 0.6) is 11.5 Å². The van der Waals surface area contributed by atoms with Crippen molar-refractivity contribution in [1.82, 2.24) is 9.97 Å². The summed E-state index contributed by atoms with van der Waals surface area (Å²) in [5, 5.41) is 3.62. The van der Waals surface area contributed by atoms with E-state index in [-0.39, 0.29) is 0 Å². The van der Waals surface area contributed by atoms with E-state index in [1.807, 2.05) is 48.7 Å². The molecule has 1 aliphatic rings. The molecule has 1 saturated heterocycles. The first-order valence-corrected chi connectivity index (χ1v) is 9.22. The van der Waals surface area contributed by atoms with Crippen molar-refractivity contribution in [2.45, 2.75) is 18.9 Å². The molecule has 2 aromatic carbocycles. The minimum atomic E-state index is 0.338. The van der Waals surface area contributed by atoms with Crippen molar-refractivity contribution in [3.63, 3.8) is 0 Å². The number of para-hydroxylation sites is 2. The Kier molecular flexibility index (Phi) is 4.96. The number of methoxy groups -OCH3 is 2. The van der Waals surface area contributed by atoms with E-state index in [2.05, 4.69) is 15.2 Å². The SMILES string of the molecule is COc1ccc(N[C@H]2CCCN(c3cnc4ccccc4n3)C2)cc1OC. The van der Waals surface area contributed by atoms with Crippen molar-refractivity contribution in [1.29, 1.82) is 0 Å². The molecule has 4 rings (SSSR count). The van der Waals surface area contributed by atoms with E-state index in [1.54, 1.807) is 14.2 Å². The molecule has 0 bridgehead atoms. The number of nitrogens with zero attached hydrogens (tertiary/aromatic N) is 3. The van der Waals surface area contributed by atoms with Crippen molar-refractivity contribution in [2.75, 3.05) is 37.5 Å². The van der Waals surface area contributed by atoms with Gasteiger partial charge in [-0.1, -0.05) is 12.1 Å². The van der Waals surface area contributed by atoms with Crippen molar-refractivity contribution >= 4 is 22.5 Å². The van der Waals surface area contributed by atoms with Crippen LogP contribution >= 0.6 is 0 Å². The minimum absolute atomic E-state index is 0.338. The molecule has 0 saturated carbocycles. The van der Waals surface area contributed by atoms with Crippen LogP contribution in [0.4, 0.5) is 11.5 Å². The average molecular weight is 364 g/mol. The van der Waals surface area contributed by atoms with Crippen molar-refractivity contribution in [3.05, 3.63) is 48.7 Å². The third kappa shape index (κ3) is 3.74. The molecule has 0 amide bonds. The lowest BCUT2D eigenvalue weighted by Crippen LogP contribution is -2.42. The fourth-order valence-electron chi connectivity index (χ4n) is 3.56. The first-order valence-electron chi connectivity index (χ1n) is 9.22. The van der Waals surface area contributed by atoms with Crippen LogP contribution in [0.25, 0.3) is 11.0 Å². The summed E-state index contributed by atoms with van der Waals surface area (Å²) >= 11 is 0. The van der Waals surface area contributed by atoms with Gasteiger partial charge in [0.25, 0.3) is 0 Å². The Balaban J connectivity index is 1.49. The van der Waals surface area contributed by atoms with Crippen LogP contribution < -0.4 is 19.7 Å². The van der Waals surface area contributed by atoms with Gasteiger partial charge in [-0.05, 0) is 37.1 Å². The van der Waals surface area contributed by atoms with Crippen LogP contribution in [0, 0.1) is 0 Å². The van der Waals surface area contributed by atoms with Crippen LogP contribution in [-0.4, -0.2) is 43.3 Å². The Morgan fingerprint density at radius 1 is 1.04 bits per heavy atom. The van der Waals surface area contributed by atoms with Crippen LogP contribution in [0.1, 0.15) is 12.8 Å². The maximum absolute atomic E-state index is 5.40. The summed E-state index contributed by atoms with van der Waals surface area (Å²) in [5.41, 5.74) is 2.90. The van der Waals surface area contributed by atoms with E-state index in [9.17, 15) is 0 Å². The van der Waals surface area contributed by atoms with E-state index in [0.29, 0.717) is 6.04 Å². The Bertz CT molecular complexity index is 931. The molecule has 6 nitrogen and oxygen atoms in total. The van der Waals surface area contributed by atoms with Gasteiger partial charge in [-0.15, -0.1) is 0 Å². The number of hydrogen-bond donors (Lipinski definition) is 1. The maximum Gasteiger partial charge on any atom is 0.162 e. The predicted octanol–water partition coefficient (Wildman–Crippen LogP) is 3.73. The topological polar surface area (TPSA) is 59.5 Å². The van der Waals surface area contributed by atoms with Crippen molar-refractivity contribution < 1.29 is 9.47 Å². The lowest BCUT2D eigenvalue weighted by molar-refractivity contribution is 0.355. The van der Waals surface area contributed by atoms with Gasteiger partial charge >= 0.3 is 0 Å². The van der Waals surface area contributed by atoms with E-state index in [1.165, 1.54) is 0 Å². The molecule has 0 spiro atoms. The number of ether oxygens (including phenoxy) is 2. The Morgan fingerprint density at radius 2 is 1.85 bits per heavy atom. The Morgan fingerprint density at radius 3 is 2.67 bits per heavy atom. The number of benzene rings is 2. The van der Waals surface area contributed by atoms with Crippen LogP contribution in [0.15, 0.2) is 48.7 Å². The highest BCUT2D eigenvalue weighted by Crippen LogP contribution is 2.31. The molecule has 1 fully saturated rings. The van der Waals surface area contributed by atoms with Gasteiger partial charge in [0.1, 0.15) is 5.82 Å². The normalized spacial score (nSPS) is 17.0. The highest BCUT2D eigenvalue weighted by molar-refractivity contribution is 5.75. The van der Waals surface area contributed by atoms with Gasteiger partial charge in [0, 0.05) is 30.9 Å². The summed E-state index contributed by atoms with van der Waals surface area (Å²) in [6, 6.07) is 14.3. The number of anilines is 2. The minimum Gasteiger partial charge on any atom is -0.493 e. The molecule has 27 heavy (non-hydrogen) atoms. The molecule has 1 aliphatic heterocycles. The number of aromatic nitrogens is 2. The van der Waals surface area contributed by atoms with E-state index >= 15 is 0 Å². The third-order valence-corrected chi connectivity index (χ3v) is 4.94. The first-order chi connectivity index (χ1) is 13.3. The molecule has 1 atom stereocenters. The molecule has 0 radical (unpaired) electrons. The number of hydrogen-bond acceptors (Lipinski definition) is 6. The summed E-state index contributed by atoms with van der Waals surface area (Å²) in [7, 11) is 3.30. The average Bonchev–Trinajstić information content (AvgIpc) is 2.73. The smallest absolute Gasteiger partial charge is 0.162 e. The zero-order valence-corrected chi connectivity index (χ0v) is 15.7. The van der Waals surface area contributed by atoms with Gasteiger partial charge in [-0.2, -0.15) is 0 Å². The van der Waals surface area contributed by atoms with Crippen molar-refractivity contribution in [2.24, 2.45) is 0 Å². The fourth-order valence-corrected chi connectivity index (χ4v) is 3.56.